The summed E-state index contributed by atoms with van der Waals surface area (Å²) in [6.07, 6.45) is 0. The largest absolute Gasteiger partial charge is 0.395 e. The highest BCUT2D eigenvalue weighted by Gasteiger charge is 2.33. The van der Waals surface area contributed by atoms with E-state index in [-0.39, 0.29) is 31.1 Å². The van der Waals surface area contributed by atoms with Crippen LogP contribution in [-0.4, -0.2) is 99.9 Å². The second-order valence-corrected chi connectivity index (χ2v) is 10.0. The van der Waals surface area contributed by atoms with Crippen LogP contribution in [0, 0.1) is 0 Å². The molecule has 31 heavy (non-hydrogen) atoms. The number of aromatic nitrogens is 4. The molecule has 1 fully saturated rings. The highest BCUT2D eigenvalue weighted by Crippen LogP contribution is 2.38. The molecule has 2 heterocycles. The first kappa shape index (κ1) is 23.5. The summed E-state index contributed by atoms with van der Waals surface area (Å²) in [6.45, 7) is 2.75. The molecular formula is C15H25N9O5S2. The Hall–Kier alpha value is -2.21. The number of primary sulfonamides is 1. The van der Waals surface area contributed by atoms with Crippen LogP contribution >= 0.6 is 0 Å². The van der Waals surface area contributed by atoms with E-state index in [1.807, 2.05) is 4.90 Å². The number of rotatable bonds is 9. The topological polar surface area (TPSA) is 214 Å². The maximum atomic E-state index is 12.8. The van der Waals surface area contributed by atoms with Crippen LogP contribution in [0.5, 0.6) is 0 Å². The summed E-state index contributed by atoms with van der Waals surface area (Å²) in [5.74, 6) is -0.104. The predicted octanol–water partition coefficient (Wildman–Crippen LogP) is -3.13. The fraction of sp³-hybridized carbons (Fsp3) is 0.533. The molecule has 172 valence electrons. The Morgan fingerprint density at radius 1 is 1.16 bits per heavy atom. The van der Waals surface area contributed by atoms with Gasteiger partial charge in [0.2, 0.25) is 25.9 Å². The van der Waals surface area contributed by atoms with E-state index in [0.29, 0.717) is 38.4 Å². The third kappa shape index (κ3) is 5.17. The molecule has 14 nitrogen and oxygen atoms in total. The summed E-state index contributed by atoms with van der Waals surface area (Å²) in [4.78, 5) is 2.80. The molecule has 1 aromatic carbocycles. The maximum Gasteiger partial charge on any atom is 0.241 e. The van der Waals surface area contributed by atoms with Crippen molar-refractivity contribution >= 4 is 25.7 Å². The fourth-order valence-electron chi connectivity index (χ4n) is 3.42. The van der Waals surface area contributed by atoms with Crippen LogP contribution in [0.15, 0.2) is 21.9 Å². The molecular weight excluding hydrogens is 450 g/mol. The number of aliphatic hydroxyl groups is 1. The van der Waals surface area contributed by atoms with Gasteiger partial charge in [0.25, 0.3) is 0 Å². The van der Waals surface area contributed by atoms with Crippen molar-refractivity contribution in [3.05, 3.63) is 12.1 Å². The minimum atomic E-state index is -4.52. The van der Waals surface area contributed by atoms with Gasteiger partial charge in [-0.25, -0.2) is 26.7 Å². The predicted molar refractivity (Wildman–Crippen MR) is 111 cm³/mol. The Morgan fingerprint density at radius 3 is 2.42 bits per heavy atom. The Balaban J connectivity index is 2.18. The summed E-state index contributed by atoms with van der Waals surface area (Å²) >= 11 is 0. The number of H-pyrrole nitrogens is 1. The van der Waals surface area contributed by atoms with Crippen molar-refractivity contribution in [1.29, 1.82) is 0 Å². The van der Waals surface area contributed by atoms with Crippen molar-refractivity contribution < 1.29 is 21.9 Å². The van der Waals surface area contributed by atoms with Gasteiger partial charge >= 0.3 is 0 Å². The van der Waals surface area contributed by atoms with Crippen molar-refractivity contribution in [1.82, 2.24) is 30.2 Å². The van der Waals surface area contributed by atoms with Crippen molar-refractivity contribution in [2.45, 2.75) is 9.79 Å². The number of nitrogens with two attached hydrogens (primary N) is 2. The lowest BCUT2D eigenvalue weighted by Gasteiger charge is -2.36. The number of sulfonamides is 2. The number of benzene rings is 1. The van der Waals surface area contributed by atoms with Gasteiger partial charge in [0.15, 0.2) is 0 Å². The first-order valence-electron chi connectivity index (χ1n) is 9.40. The number of aliphatic hydroxyl groups excluding tert-OH is 1. The molecule has 1 aliphatic rings. The average molecular weight is 476 g/mol. The number of piperazine rings is 1. The molecule has 7 N–H and O–H groups in total. The first-order chi connectivity index (χ1) is 14.7. The molecule has 2 aromatic rings. The van der Waals surface area contributed by atoms with Crippen LogP contribution < -0.4 is 20.5 Å². The van der Waals surface area contributed by atoms with E-state index in [1.54, 1.807) is 0 Å². The maximum absolute atomic E-state index is 12.8. The SMILES string of the molecule is NCCNS(=O)(=O)c1ccc(N2CCN(CCO)CC2)c(-c2nn[nH]n2)c1S(N)(=O)=O. The molecule has 0 atom stereocenters. The van der Waals surface area contributed by atoms with Gasteiger partial charge in [0.05, 0.1) is 12.2 Å². The van der Waals surface area contributed by atoms with E-state index in [4.69, 9.17) is 16.0 Å². The number of anilines is 1. The van der Waals surface area contributed by atoms with Gasteiger partial charge in [-0.1, -0.05) is 0 Å². The number of β-amino-alcohol motifs (C(OH)–C–C–N with tert-alkyl or cyclic N) is 1. The molecule has 0 bridgehead atoms. The molecule has 1 aromatic heterocycles. The minimum absolute atomic E-state index is 0.0256. The molecule has 0 amide bonds. The lowest BCUT2D eigenvalue weighted by atomic mass is 10.1. The van der Waals surface area contributed by atoms with Gasteiger partial charge in [-0.05, 0) is 17.3 Å². The molecule has 0 aliphatic carbocycles. The summed E-state index contributed by atoms with van der Waals surface area (Å²) < 4.78 is 53.0. The quantitative estimate of drug-likeness (QED) is 0.244. The van der Waals surface area contributed by atoms with Crippen molar-refractivity contribution in [2.24, 2.45) is 10.9 Å². The molecule has 1 aliphatic heterocycles. The highest BCUT2D eigenvalue weighted by atomic mass is 32.2. The number of hydrogen-bond donors (Lipinski definition) is 5. The van der Waals surface area contributed by atoms with E-state index in [9.17, 15) is 16.8 Å². The summed E-state index contributed by atoms with van der Waals surface area (Å²) in [5, 5.41) is 28.1. The minimum Gasteiger partial charge on any atom is -0.395 e. The highest BCUT2D eigenvalue weighted by molar-refractivity contribution is 7.92. The second kappa shape index (κ2) is 9.51. The van der Waals surface area contributed by atoms with Gasteiger partial charge in [0.1, 0.15) is 9.79 Å². The van der Waals surface area contributed by atoms with E-state index in [0.717, 1.165) is 0 Å². The lowest BCUT2D eigenvalue weighted by molar-refractivity contribution is 0.189. The van der Waals surface area contributed by atoms with Crippen LogP contribution in [0.3, 0.4) is 0 Å². The zero-order valence-corrected chi connectivity index (χ0v) is 18.2. The standard InChI is InChI=1S/C15H25N9O5S2/c16-3-4-18-31(28,29)12-2-1-11(24-7-5-23(6-8-24)9-10-25)13(14(12)30(17,26)27)15-19-21-22-20-15/h1-2,18,25H,3-10,16H2,(H2,17,26,27)(H,19,20,21,22). The van der Waals surface area contributed by atoms with Crippen LogP contribution in [0.1, 0.15) is 0 Å². The lowest BCUT2D eigenvalue weighted by Crippen LogP contribution is -2.47. The van der Waals surface area contributed by atoms with Crippen LogP contribution in [0.2, 0.25) is 0 Å². The Labute approximate surface area is 179 Å². The number of aromatic amines is 1. The Morgan fingerprint density at radius 2 is 1.87 bits per heavy atom. The Bertz CT molecular complexity index is 1100. The van der Waals surface area contributed by atoms with Crippen molar-refractivity contribution in [3.63, 3.8) is 0 Å². The van der Waals surface area contributed by atoms with Gasteiger partial charge in [-0.15, -0.1) is 10.2 Å². The number of nitrogens with one attached hydrogen (secondary N) is 2. The summed E-state index contributed by atoms with van der Waals surface area (Å²) in [5.41, 5.74) is 5.73. The van der Waals surface area contributed by atoms with Crippen molar-refractivity contribution in [3.8, 4) is 11.4 Å². The molecule has 0 spiro atoms. The van der Waals surface area contributed by atoms with Crippen LogP contribution in [-0.2, 0) is 20.0 Å². The summed E-state index contributed by atoms with van der Waals surface area (Å²) in [6, 6.07) is 2.69. The van der Waals surface area contributed by atoms with Crippen LogP contribution in [0.4, 0.5) is 5.69 Å². The normalized spacial score (nSPS) is 16.0. The monoisotopic (exact) mass is 475 g/mol. The first-order valence-corrected chi connectivity index (χ1v) is 12.4. The van der Waals surface area contributed by atoms with Gasteiger partial charge in [-0.2, -0.15) is 5.21 Å². The van der Waals surface area contributed by atoms with E-state index in [1.165, 1.54) is 12.1 Å². The number of nitrogens with zero attached hydrogens (tertiary/aromatic N) is 5. The van der Waals surface area contributed by atoms with Crippen LogP contribution in [0.25, 0.3) is 11.4 Å². The van der Waals surface area contributed by atoms with Gasteiger partial charge < -0.3 is 15.7 Å². The fourth-order valence-corrected chi connectivity index (χ4v) is 6.06. The van der Waals surface area contributed by atoms with Crippen molar-refractivity contribution in [2.75, 3.05) is 57.3 Å². The third-order valence-electron chi connectivity index (χ3n) is 4.81. The Kier molecular flexibility index (Phi) is 7.20. The average Bonchev–Trinajstić information content (AvgIpc) is 3.26. The van der Waals surface area contributed by atoms with E-state index in [2.05, 4.69) is 30.2 Å². The molecule has 3 rings (SSSR count). The molecule has 0 saturated carbocycles. The van der Waals surface area contributed by atoms with Gasteiger partial charge in [-0.3, -0.25) is 4.90 Å². The second-order valence-electron chi connectivity index (χ2n) is 6.81. The summed E-state index contributed by atoms with van der Waals surface area (Å²) in [7, 11) is -8.76. The van der Waals surface area contributed by atoms with E-state index < -0.39 is 29.8 Å². The number of tetrazole rings is 1. The van der Waals surface area contributed by atoms with Gasteiger partial charge in [0, 0.05) is 51.5 Å². The zero-order valence-electron chi connectivity index (χ0n) is 16.6. The smallest absolute Gasteiger partial charge is 0.241 e. The molecule has 0 radical (unpaired) electrons. The molecule has 16 heteroatoms. The zero-order chi connectivity index (χ0) is 22.6. The van der Waals surface area contributed by atoms with E-state index >= 15 is 0 Å². The molecule has 1 saturated heterocycles. The number of hydrogen-bond acceptors (Lipinski definition) is 11. The third-order valence-corrected chi connectivity index (χ3v) is 7.43. The molecule has 0 unspecified atom stereocenters.